The van der Waals surface area contributed by atoms with Gasteiger partial charge in [-0.25, -0.2) is 4.39 Å². The molecule has 1 aromatic heterocycles. The van der Waals surface area contributed by atoms with Crippen molar-refractivity contribution in [3.05, 3.63) is 71.2 Å². The second-order valence-corrected chi connectivity index (χ2v) is 8.15. The molecular formula is C25H29FN2O. The van der Waals surface area contributed by atoms with Crippen LogP contribution in [0.4, 0.5) is 4.39 Å². The Hall–Kier alpha value is -2.62. The third-order valence-corrected chi connectivity index (χ3v) is 6.20. The minimum Gasteiger partial charge on any atom is -0.361 e. The summed E-state index contributed by atoms with van der Waals surface area (Å²) >= 11 is 0. The molecule has 0 spiro atoms. The number of aromatic amines is 1. The lowest BCUT2D eigenvalue weighted by molar-refractivity contribution is -0.122. The lowest BCUT2D eigenvalue weighted by Crippen LogP contribution is -2.36. The molecule has 29 heavy (non-hydrogen) atoms. The van der Waals surface area contributed by atoms with Crippen molar-refractivity contribution >= 4 is 16.8 Å². The molecule has 2 N–H and O–H groups in total. The van der Waals surface area contributed by atoms with Gasteiger partial charge in [0.1, 0.15) is 5.82 Å². The van der Waals surface area contributed by atoms with Crippen LogP contribution in [0.1, 0.15) is 68.1 Å². The van der Waals surface area contributed by atoms with Gasteiger partial charge in [0.05, 0.1) is 0 Å². The van der Waals surface area contributed by atoms with E-state index in [1.165, 1.54) is 30.9 Å². The van der Waals surface area contributed by atoms with Crippen molar-refractivity contribution < 1.29 is 9.18 Å². The van der Waals surface area contributed by atoms with Crippen LogP contribution in [0, 0.1) is 5.82 Å². The van der Waals surface area contributed by atoms with Gasteiger partial charge in [0.15, 0.2) is 0 Å². The van der Waals surface area contributed by atoms with E-state index in [0.29, 0.717) is 6.42 Å². The molecule has 1 aliphatic rings. The van der Waals surface area contributed by atoms with E-state index in [2.05, 4.69) is 35.4 Å². The smallest absolute Gasteiger partial charge is 0.221 e. The molecule has 3 nitrogen and oxygen atoms in total. The van der Waals surface area contributed by atoms with E-state index in [1.54, 1.807) is 12.1 Å². The lowest BCUT2D eigenvalue weighted by atomic mass is 9.87. The molecule has 152 valence electrons. The fraction of sp³-hybridized carbons (Fsp3) is 0.400. The highest BCUT2D eigenvalue weighted by Gasteiger charge is 2.24. The van der Waals surface area contributed by atoms with Crippen LogP contribution in [0.5, 0.6) is 0 Å². The Balaban J connectivity index is 1.67. The Labute approximate surface area is 171 Å². The zero-order valence-electron chi connectivity index (χ0n) is 17.0. The molecule has 0 saturated heterocycles. The summed E-state index contributed by atoms with van der Waals surface area (Å²) in [6, 6.07) is 13.2. The number of rotatable bonds is 6. The first-order chi connectivity index (χ1) is 14.2. The van der Waals surface area contributed by atoms with Crippen LogP contribution < -0.4 is 5.32 Å². The van der Waals surface area contributed by atoms with E-state index < -0.39 is 0 Å². The van der Waals surface area contributed by atoms with E-state index in [-0.39, 0.29) is 23.7 Å². The molecule has 1 aliphatic carbocycles. The van der Waals surface area contributed by atoms with Gasteiger partial charge < -0.3 is 10.3 Å². The van der Waals surface area contributed by atoms with E-state index in [0.717, 1.165) is 41.3 Å². The molecule has 1 heterocycles. The van der Waals surface area contributed by atoms with E-state index >= 15 is 0 Å². The number of aromatic nitrogens is 1. The first kappa shape index (κ1) is 19.7. The number of H-pyrrole nitrogens is 1. The standard InChI is InChI=1S/C25H29FN2O/c1-2-17-8-7-13-21-23(16-27-25(17)21)22(18-9-6-10-19(26)14-18)15-24(29)28-20-11-4-3-5-12-20/h6-10,13-14,16,20,22,27H,2-5,11-12,15H2,1H3,(H,28,29)/t22-/m0/s1. The average Bonchev–Trinajstić information content (AvgIpc) is 3.17. The summed E-state index contributed by atoms with van der Waals surface area (Å²) in [5.41, 5.74) is 4.25. The van der Waals surface area contributed by atoms with Gasteiger partial charge in [0, 0.05) is 35.5 Å². The van der Waals surface area contributed by atoms with Crippen LogP contribution in [0.15, 0.2) is 48.7 Å². The fourth-order valence-corrected chi connectivity index (χ4v) is 4.67. The number of hydrogen-bond acceptors (Lipinski definition) is 1. The molecule has 1 saturated carbocycles. The van der Waals surface area contributed by atoms with Gasteiger partial charge in [0.2, 0.25) is 5.91 Å². The van der Waals surface area contributed by atoms with Crippen molar-refractivity contribution in [1.29, 1.82) is 0 Å². The number of carbonyl (C=O) groups is 1. The van der Waals surface area contributed by atoms with Crippen LogP contribution in [0.2, 0.25) is 0 Å². The minimum absolute atomic E-state index is 0.0483. The van der Waals surface area contributed by atoms with Gasteiger partial charge in [-0.05, 0) is 48.1 Å². The van der Waals surface area contributed by atoms with Crippen LogP contribution in [-0.4, -0.2) is 16.9 Å². The van der Waals surface area contributed by atoms with Gasteiger partial charge in [-0.2, -0.15) is 0 Å². The number of halogens is 1. The Morgan fingerprint density at radius 2 is 1.97 bits per heavy atom. The summed E-state index contributed by atoms with van der Waals surface area (Å²) in [6.07, 6.45) is 8.99. The molecular weight excluding hydrogens is 363 g/mol. The molecule has 3 aromatic rings. The van der Waals surface area contributed by atoms with Crippen LogP contribution in [0.3, 0.4) is 0 Å². The summed E-state index contributed by atoms with van der Waals surface area (Å²) in [7, 11) is 0. The first-order valence-electron chi connectivity index (χ1n) is 10.8. The number of benzene rings is 2. The largest absolute Gasteiger partial charge is 0.361 e. The topological polar surface area (TPSA) is 44.9 Å². The highest BCUT2D eigenvalue weighted by atomic mass is 19.1. The zero-order chi connectivity index (χ0) is 20.2. The quantitative estimate of drug-likeness (QED) is 0.544. The maximum Gasteiger partial charge on any atom is 0.221 e. The Morgan fingerprint density at radius 1 is 1.17 bits per heavy atom. The predicted octanol–water partition coefficient (Wildman–Crippen LogP) is 5.84. The van der Waals surface area contributed by atoms with Gasteiger partial charge >= 0.3 is 0 Å². The first-order valence-corrected chi connectivity index (χ1v) is 10.8. The number of para-hydroxylation sites is 1. The van der Waals surface area contributed by atoms with Gasteiger partial charge in [-0.1, -0.05) is 56.5 Å². The number of carbonyl (C=O) groups excluding carboxylic acids is 1. The molecule has 0 radical (unpaired) electrons. The zero-order valence-corrected chi connectivity index (χ0v) is 17.0. The minimum atomic E-state index is -0.269. The van der Waals surface area contributed by atoms with Crippen molar-refractivity contribution in [2.24, 2.45) is 0 Å². The van der Waals surface area contributed by atoms with E-state index in [1.807, 2.05) is 12.3 Å². The second-order valence-electron chi connectivity index (χ2n) is 8.15. The normalized spacial score (nSPS) is 16.1. The van der Waals surface area contributed by atoms with Crippen molar-refractivity contribution in [2.45, 2.75) is 63.8 Å². The monoisotopic (exact) mass is 392 g/mol. The van der Waals surface area contributed by atoms with Crippen LogP contribution in [-0.2, 0) is 11.2 Å². The van der Waals surface area contributed by atoms with Crippen molar-refractivity contribution in [3.63, 3.8) is 0 Å². The number of hydrogen-bond donors (Lipinski definition) is 2. The molecule has 0 bridgehead atoms. The molecule has 0 aliphatic heterocycles. The average molecular weight is 393 g/mol. The number of fused-ring (bicyclic) bond motifs is 1. The van der Waals surface area contributed by atoms with Crippen molar-refractivity contribution in [1.82, 2.24) is 10.3 Å². The number of nitrogens with one attached hydrogen (secondary N) is 2. The maximum atomic E-state index is 14.0. The van der Waals surface area contributed by atoms with Gasteiger partial charge in [-0.15, -0.1) is 0 Å². The van der Waals surface area contributed by atoms with E-state index in [9.17, 15) is 9.18 Å². The molecule has 1 fully saturated rings. The molecule has 1 amide bonds. The molecule has 4 heteroatoms. The Kier molecular flexibility index (Phi) is 5.98. The lowest BCUT2D eigenvalue weighted by Gasteiger charge is -2.24. The maximum absolute atomic E-state index is 14.0. The van der Waals surface area contributed by atoms with Gasteiger partial charge in [-0.3, -0.25) is 4.79 Å². The summed E-state index contributed by atoms with van der Waals surface area (Å²) in [4.78, 5) is 16.3. The Morgan fingerprint density at radius 3 is 2.72 bits per heavy atom. The number of amides is 1. The SMILES string of the molecule is CCc1cccc2c([C@@H](CC(=O)NC3CCCCC3)c3cccc(F)c3)c[nH]c12. The summed E-state index contributed by atoms with van der Waals surface area (Å²) in [5, 5.41) is 4.34. The summed E-state index contributed by atoms with van der Waals surface area (Å²) in [5.74, 6) is -0.406. The Bertz CT molecular complexity index is 987. The van der Waals surface area contributed by atoms with Crippen LogP contribution in [0.25, 0.3) is 10.9 Å². The predicted molar refractivity (Wildman–Crippen MR) is 116 cm³/mol. The molecule has 2 aromatic carbocycles. The third kappa shape index (κ3) is 4.36. The van der Waals surface area contributed by atoms with Crippen molar-refractivity contribution in [3.8, 4) is 0 Å². The number of aryl methyl sites for hydroxylation is 1. The third-order valence-electron chi connectivity index (χ3n) is 6.20. The highest BCUT2D eigenvalue weighted by molar-refractivity contribution is 5.88. The fourth-order valence-electron chi connectivity index (χ4n) is 4.67. The van der Waals surface area contributed by atoms with Crippen LogP contribution >= 0.6 is 0 Å². The van der Waals surface area contributed by atoms with Crippen molar-refractivity contribution in [2.75, 3.05) is 0 Å². The van der Waals surface area contributed by atoms with Gasteiger partial charge in [0.25, 0.3) is 0 Å². The molecule has 1 atom stereocenters. The summed E-state index contributed by atoms with van der Waals surface area (Å²) < 4.78 is 14.0. The highest BCUT2D eigenvalue weighted by Crippen LogP contribution is 2.35. The van der Waals surface area contributed by atoms with E-state index in [4.69, 9.17) is 0 Å². The molecule has 0 unspecified atom stereocenters. The molecule has 4 rings (SSSR count). The second kappa shape index (κ2) is 8.81. The summed E-state index contributed by atoms with van der Waals surface area (Å²) in [6.45, 7) is 2.14.